The van der Waals surface area contributed by atoms with Gasteiger partial charge in [0.1, 0.15) is 10.2 Å². The smallest absolute Gasteiger partial charge is 0.275 e. The van der Waals surface area contributed by atoms with Gasteiger partial charge in [-0.3, -0.25) is 10.1 Å². The molecule has 0 saturated heterocycles. The van der Waals surface area contributed by atoms with Crippen molar-refractivity contribution in [1.82, 2.24) is 15.0 Å². The lowest BCUT2D eigenvalue weighted by Gasteiger charge is -1.98. The van der Waals surface area contributed by atoms with Gasteiger partial charge < -0.3 is 4.98 Å². The van der Waals surface area contributed by atoms with Crippen molar-refractivity contribution in [3.8, 4) is 0 Å². The molecule has 1 N–H and O–H groups in total. The van der Waals surface area contributed by atoms with Crippen LogP contribution in [-0.4, -0.2) is 19.9 Å². The predicted octanol–water partition coefficient (Wildman–Crippen LogP) is 2.52. The third-order valence-electron chi connectivity index (χ3n) is 1.64. The number of halogens is 1. The highest BCUT2D eigenvalue weighted by atomic mass is 35.5. The Labute approximate surface area is 99.2 Å². The largest absolute Gasteiger partial charge is 0.339 e. The second-order valence-electron chi connectivity index (χ2n) is 2.74. The topological polar surface area (TPSA) is 84.7 Å². The Bertz CT molecular complexity index is 517. The van der Waals surface area contributed by atoms with E-state index >= 15 is 0 Å². The van der Waals surface area contributed by atoms with Crippen molar-refractivity contribution in [3.05, 3.63) is 39.8 Å². The fraction of sp³-hybridized carbons (Fsp3) is 0. The summed E-state index contributed by atoms with van der Waals surface area (Å²) in [6.45, 7) is 0. The van der Waals surface area contributed by atoms with Crippen LogP contribution in [0.2, 0.25) is 5.15 Å². The third-order valence-corrected chi connectivity index (χ3v) is 2.67. The zero-order valence-electron chi connectivity index (χ0n) is 7.75. The van der Waals surface area contributed by atoms with Gasteiger partial charge in [0.05, 0.1) is 11.0 Å². The molecule has 6 nitrogen and oxygen atoms in total. The monoisotopic (exact) mass is 256 g/mol. The number of imidazole rings is 1. The number of nitrogens with zero attached hydrogens (tertiary/aromatic N) is 3. The van der Waals surface area contributed by atoms with Gasteiger partial charge in [-0.05, 0) is 11.8 Å². The van der Waals surface area contributed by atoms with Gasteiger partial charge in [0, 0.05) is 18.5 Å². The summed E-state index contributed by atoms with van der Waals surface area (Å²) in [4.78, 5) is 20.9. The third kappa shape index (κ3) is 2.50. The summed E-state index contributed by atoms with van der Waals surface area (Å²) < 4.78 is 0. The van der Waals surface area contributed by atoms with E-state index in [0.717, 1.165) is 0 Å². The molecule has 2 heterocycles. The lowest BCUT2D eigenvalue weighted by Crippen LogP contribution is -1.91. The van der Waals surface area contributed by atoms with Gasteiger partial charge in [0.2, 0.25) is 0 Å². The average molecular weight is 257 g/mol. The molecule has 0 atom stereocenters. The van der Waals surface area contributed by atoms with Crippen LogP contribution in [0.1, 0.15) is 0 Å². The maximum Gasteiger partial charge on any atom is 0.275 e. The maximum absolute atomic E-state index is 10.6. The van der Waals surface area contributed by atoms with Gasteiger partial charge in [-0.1, -0.05) is 11.6 Å². The summed E-state index contributed by atoms with van der Waals surface area (Å²) in [5, 5.41) is 11.7. The zero-order chi connectivity index (χ0) is 11.5. The van der Waals surface area contributed by atoms with Crippen molar-refractivity contribution in [1.29, 1.82) is 0 Å². The van der Waals surface area contributed by atoms with Crippen molar-refractivity contribution in [2.45, 2.75) is 10.2 Å². The fourth-order valence-corrected chi connectivity index (χ4v) is 2.04. The van der Waals surface area contributed by atoms with E-state index in [-0.39, 0.29) is 10.8 Å². The van der Waals surface area contributed by atoms with Crippen LogP contribution in [0.15, 0.2) is 34.7 Å². The Morgan fingerprint density at radius 3 is 2.94 bits per heavy atom. The van der Waals surface area contributed by atoms with Gasteiger partial charge in [0.15, 0.2) is 5.16 Å². The number of nitrogens with one attached hydrogen (secondary N) is 1. The highest BCUT2D eigenvalue weighted by Crippen LogP contribution is 2.27. The number of pyridine rings is 1. The van der Waals surface area contributed by atoms with E-state index in [2.05, 4.69) is 15.0 Å². The first-order chi connectivity index (χ1) is 7.65. The Kier molecular flexibility index (Phi) is 3.07. The van der Waals surface area contributed by atoms with Crippen LogP contribution >= 0.6 is 23.4 Å². The Morgan fingerprint density at radius 1 is 1.50 bits per heavy atom. The van der Waals surface area contributed by atoms with E-state index in [1.807, 2.05) is 0 Å². The first-order valence-corrected chi connectivity index (χ1v) is 5.34. The highest BCUT2D eigenvalue weighted by molar-refractivity contribution is 7.99. The molecule has 0 radical (unpaired) electrons. The Hall–Kier alpha value is -1.60. The standard InChI is InChI=1S/C8H5ClN4O2S/c9-6-3-5(13(14)15)4-7(12-6)16-8-10-1-2-11-8/h1-4H,(H,10,11). The van der Waals surface area contributed by atoms with Gasteiger partial charge in [0.25, 0.3) is 5.69 Å². The van der Waals surface area contributed by atoms with Crippen molar-refractivity contribution >= 4 is 29.1 Å². The Morgan fingerprint density at radius 2 is 2.31 bits per heavy atom. The lowest BCUT2D eigenvalue weighted by atomic mass is 10.4. The van der Waals surface area contributed by atoms with E-state index < -0.39 is 4.92 Å². The van der Waals surface area contributed by atoms with E-state index in [4.69, 9.17) is 11.6 Å². The molecule has 0 unspecified atom stereocenters. The summed E-state index contributed by atoms with van der Waals surface area (Å²) in [7, 11) is 0. The molecule has 0 aliphatic carbocycles. The molecule has 0 saturated carbocycles. The summed E-state index contributed by atoms with van der Waals surface area (Å²) >= 11 is 6.85. The van der Waals surface area contributed by atoms with Crippen LogP contribution in [0.25, 0.3) is 0 Å². The molecule has 0 fully saturated rings. The molecule has 0 aromatic carbocycles. The quantitative estimate of drug-likeness (QED) is 0.518. The van der Waals surface area contributed by atoms with Gasteiger partial charge in [-0.15, -0.1) is 0 Å². The van der Waals surface area contributed by atoms with Crippen LogP contribution in [0.3, 0.4) is 0 Å². The minimum absolute atomic E-state index is 0.0863. The second kappa shape index (κ2) is 4.50. The molecular weight excluding hydrogens is 252 g/mol. The minimum Gasteiger partial charge on any atom is -0.339 e. The summed E-state index contributed by atoms with van der Waals surface area (Å²) in [6, 6.07) is 2.55. The lowest BCUT2D eigenvalue weighted by molar-refractivity contribution is -0.385. The van der Waals surface area contributed by atoms with Crippen molar-refractivity contribution in [3.63, 3.8) is 0 Å². The Balaban J connectivity index is 2.31. The van der Waals surface area contributed by atoms with Gasteiger partial charge in [-0.2, -0.15) is 0 Å². The second-order valence-corrected chi connectivity index (χ2v) is 4.14. The fourth-order valence-electron chi connectivity index (χ4n) is 1.02. The molecule has 0 bridgehead atoms. The van der Waals surface area contributed by atoms with E-state index in [1.54, 1.807) is 12.4 Å². The van der Waals surface area contributed by atoms with Crippen LogP contribution in [0.5, 0.6) is 0 Å². The van der Waals surface area contributed by atoms with Gasteiger partial charge >= 0.3 is 0 Å². The van der Waals surface area contributed by atoms with E-state index in [0.29, 0.717) is 10.2 Å². The van der Waals surface area contributed by atoms with E-state index in [1.165, 1.54) is 23.9 Å². The first kappa shape index (κ1) is 10.9. The summed E-state index contributed by atoms with van der Waals surface area (Å²) in [5.74, 6) is 0. The number of hydrogen-bond acceptors (Lipinski definition) is 5. The maximum atomic E-state index is 10.6. The number of rotatable bonds is 3. The molecule has 2 aromatic rings. The molecule has 0 aliphatic rings. The molecular formula is C8H5ClN4O2S. The molecule has 0 amide bonds. The molecule has 82 valence electrons. The van der Waals surface area contributed by atoms with Crippen molar-refractivity contribution < 1.29 is 4.92 Å². The molecule has 2 aromatic heterocycles. The number of aromatic amines is 1. The van der Waals surface area contributed by atoms with Crippen molar-refractivity contribution in [2.24, 2.45) is 0 Å². The summed E-state index contributed by atoms with van der Waals surface area (Å²) in [5.41, 5.74) is -0.0888. The van der Waals surface area contributed by atoms with Crippen LogP contribution in [0.4, 0.5) is 5.69 Å². The molecule has 8 heteroatoms. The SMILES string of the molecule is O=[N+]([O-])c1cc(Cl)nc(Sc2ncc[nH]2)c1. The number of hydrogen-bond donors (Lipinski definition) is 1. The molecule has 0 spiro atoms. The highest BCUT2D eigenvalue weighted by Gasteiger charge is 2.11. The van der Waals surface area contributed by atoms with Crippen LogP contribution < -0.4 is 0 Å². The molecule has 2 rings (SSSR count). The van der Waals surface area contributed by atoms with Crippen LogP contribution in [-0.2, 0) is 0 Å². The van der Waals surface area contributed by atoms with Crippen molar-refractivity contribution in [2.75, 3.05) is 0 Å². The normalized spacial score (nSPS) is 10.3. The van der Waals surface area contributed by atoms with Crippen LogP contribution in [0, 0.1) is 10.1 Å². The zero-order valence-corrected chi connectivity index (χ0v) is 9.33. The number of H-pyrrole nitrogens is 1. The molecule has 16 heavy (non-hydrogen) atoms. The first-order valence-electron chi connectivity index (χ1n) is 4.14. The van der Waals surface area contributed by atoms with E-state index in [9.17, 15) is 10.1 Å². The molecule has 0 aliphatic heterocycles. The summed E-state index contributed by atoms with van der Waals surface area (Å²) in [6.07, 6.45) is 3.24. The minimum atomic E-state index is -0.514. The average Bonchev–Trinajstić information content (AvgIpc) is 2.69. The number of nitro groups is 1. The predicted molar refractivity (Wildman–Crippen MR) is 58.6 cm³/mol. The number of aromatic nitrogens is 3. The van der Waals surface area contributed by atoms with Gasteiger partial charge in [-0.25, -0.2) is 9.97 Å².